The van der Waals surface area contributed by atoms with Crippen LogP contribution in [0.2, 0.25) is 0 Å². The lowest BCUT2D eigenvalue weighted by molar-refractivity contribution is -0.139. The Bertz CT molecular complexity index is 1610. The molecular formula is C29H34F4N8O2. The number of carbonyl (C=O) groups is 1. The van der Waals surface area contributed by atoms with E-state index in [0.717, 1.165) is 24.0 Å². The number of fused-ring (bicyclic) bond motifs is 1. The van der Waals surface area contributed by atoms with Crippen molar-refractivity contribution in [3.63, 3.8) is 0 Å². The number of anilines is 1. The lowest BCUT2D eigenvalue weighted by atomic mass is 10.0. The first-order valence-corrected chi connectivity index (χ1v) is 14.3. The number of nitrogens with zero attached hydrogens (tertiary/aromatic N) is 6. The predicted octanol–water partition coefficient (Wildman–Crippen LogP) is 5.12. The minimum atomic E-state index is -4.53. The van der Waals surface area contributed by atoms with E-state index in [0.29, 0.717) is 35.6 Å². The number of hydrogen-bond acceptors (Lipinski definition) is 7. The maximum Gasteiger partial charge on any atom is 0.406 e. The van der Waals surface area contributed by atoms with Crippen molar-refractivity contribution in [1.82, 2.24) is 34.5 Å². The van der Waals surface area contributed by atoms with Crippen LogP contribution in [0, 0.1) is 0 Å². The molecule has 0 bridgehead atoms. The second-order valence-corrected chi connectivity index (χ2v) is 12.3. The fourth-order valence-corrected chi connectivity index (χ4v) is 5.49. The van der Waals surface area contributed by atoms with Gasteiger partial charge >= 0.3 is 6.18 Å². The fourth-order valence-electron chi connectivity index (χ4n) is 5.49. The monoisotopic (exact) mass is 602 g/mol. The van der Waals surface area contributed by atoms with Gasteiger partial charge in [0.15, 0.2) is 0 Å². The molecule has 43 heavy (non-hydrogen) atoms. The van der Waals surface area contributed by atoms with Crippen molar-refractivity contribution >= 4 is 22.5 Å². The van der Waals surface area contributed by atoms with Gasteiger partial charge in [-0.2, -0.15) is 18.2 Å². The number of hydrogen-bond donors (Lipinski definition) is 2. The first-order chi connectivity index (χ1) is 20.4. The average molecular weight is 603 g/mol. The summed E-state index contributed by atoms with van der Waals surface area (Å²) < 4.78 is 64.4. The summed E-state index contributed by atoms with van der Waals surface area (Å²) >= 11 is 0. The van der Waals surface area contributed by atoms with Crippen LogP contribution >= 0.6 is 0 Å². The topological polar surface area (TPSA) is 106 Å². The molecule has 3 aromatic heterocycles. The van der Waals surface area contributed by atoms with E-state index in [1.165, 1.54) is 0 Å². The van der Waals surface area contributed by atoms with E-state index >= 15 is 4.39 Å². The normalized spacial score (nSPS) is 20.1. The average Bonchev–Trinajstić information content (AvgIpc) is 3.30. The highest BCUT2D eigenvalue weighted by Crippen LogP contribution is 2.36. The van der Waals surface area contributed by atoms with Crippen molar-refractivity contribution in [3.05, 3.63) is 48.4 Å². The molecule has 1 amide bonds. The van der Waals surface area contributed by atoms with Crippen LogP contribution in [0.15, 0.2) is 41.3 Å². The van der Waals surface area contributed by atoms with Crippen LogP contribution in [0.4, 0.5) is 23.2 Å². The molecule has 6 rings (SSSR count). The molecule has 1 aromatic carbocycles. The molecule has 2 N–H and O–H groups in total. The molecule has 1 saturated heterocycles. The molecule has 1 aliphatic heterocycles. The number of halogens is 4. The van der Waals surface area contributed by atoms with Crippen molar-refractivity contribution in [1.29, 1.82) is 0 Å². The number of alkyl halides is 4. The first kappa shape index (κ1) is 29.1. The molecular weight excluding hydrogens is 568 g/mol. The Morgan fingerprint density at radius 2 is 1.95 bits per heavy atom. The van der Waals surface area contributed by atoms with Gasteiger partial charge in [0, 0.05) is 41.9 Å². The maximum absolute atomic E-state index is 15.1. The molecule has 2 atom stereocenters. The molecule has 230 valence electrons. The van der Waals surface area contributed by atoms with Crippen LogP contribution in [-0.4, -0.2) is 72.6 Å². The predicted molar refractivity (Wildman–Crippen MR) is 151 cm³/mol. The zero-order valence-corrected chi connectivity index (χ0v) is 24.2. The molecule has 1 aliphatic carbocycles. The van der Waals surface area contributed by atoms with E-state index in [9.17, 15) is 18.0 Å². The quantitative estimate of drug-likeness (QED) is 0.270. The summed E-state index contributed by atoms with van der Waals surface area (Å²) in [6.45, 7) is 5.63. The maximum atomic E-state index is 15.1. The Labute approximate surface area is 245 Å². The number of rotatable bonds is 8. The number of amides is 1. The lowest BCUT2D eigenvalue weighted by Gasteiger charge is -2.35. The third-order valence-corrected chi connectivity index (χ3v) is 7.95. The molecule has 0 radical (unpaired) electrons. The molecule has 0 spiro atoms. The highest BCUT2D eigenvalue weighted by molar-refractivity contribution is 5.96. The van der Waals surface area contributed by atoms with Gasteiger partial charge in [-0.3, -0.25) is 9.69 Å². The van der Waals surface area contributed by atoms with E-state index in [4.69, 9.17) is 4.52 Å². The third kappa shape index (κ3) is 6.38. The van der Waals surface area contributed by atoms with Gasteiger partial charge in [-0.05, 0) is 58.2 Å². The van der Waals surface area contributed by atoms with E-state index in [-0.39, 0.29) is 35.2 Å². The standard InChI is InChI=1S/C29H34F4N8O2/c1-28(2,3)40-14-22(35-16-40)27(42)34-12-25-37-26(38-43-25)24-11-18-20(5-4-6-23(18)41(24)15-29(31,32)33)36-21-9-10-39(13-19(21)30)17-7-8-17/h4-6,11,14,16-17,19,21,36H,7-10,12-13,15H2,1-3H3,(H,34,42)/t19-,21+/m0/s1. The number of imidazole rings is 1. The van der Waals surface area contributed by atoms with Gasteiger partial charge in [0.1, 0.15) is 18.4 Å². The van der Waals surface area contributed by atoms with Crippen LogP contribution < -0.4 is 10.6 Å². The SMILES string of the molecule is CC(C)(C)n1cnc(C(=O)NCc2nc(-c3cc4c(N[C@@H]5CCN(C6CC6)C[C@@H]5F)cccc4n3CC(F)(F)F)no2)c1. The summed E-state index contributed by atoms with van der Waals surface area (Å²) in [6, 6.07) is 6.54. The van der Waals surface area contributed by atoms with E-state index in [1.54, 1.807) is 41.4 Å². The highest BCUT2D eigenvalue weighted by Gasteiger charge is 2.37. The summed E-state index contributed by atoms with van der Waals surface area (Å²) in [6.07, 6.45) is 0.365. The Morgan fingerprint density at radius 1 is 1.16 bits per heavy atom. The zero-order chi connectivity index (χ0) is 30.5. The van der Waals surface area contributed by atoms with Crippen LogP contribution in [0.1, 0.15) is 56.4 Å². The van der Waals surface area contributed by atoms with Gasteiger partial charge in [-0.15, -0.1) is 0 Å². The summed E-state index contributed by atoms with van der Waals surface area (Å²) in [5, 5.41) is 10.3. The highest BCUT2D eigenvalue weighted by atomic mass is 19.4. The van der Waals surface area contributed by atoms with Gasteiger partial charge < -0.3 is 24.3 Å². The summed E-state index contributed by atoms with van der Waals surface area (Å²) in [5.74, 6) is -0.504. The molecule has 14 heteroatoms. The number of nitrogens with one attached hydrogen (secondary N) is 2. The zero-order valence-electron chi connectivity index (χ0n) is 24.2. The van der Waals surface area contributed by atoms with E-state index in [1.807, 2.05) is 20.8 Å². The molecule has 2 fully saturated rings. The Morgan fingerprint density at radius 3 is 2.63 bits per heavy atom. The third-order valence-electron chi connectivity index (χ3n) is 7.95. The summed E-state index contributed by atoms with van der Waals surface area (Å²) in [4.78, 5) is 23.2. The smallest absolute Gasteiger partial charge is 0.379 e. The van der Waals surface area contributed by atoms with Crippen molar-refractivity contribution in [2.24, 2.45) is 0 Å². The summed E-state index contributed by atoms with van der Waals surface area (Å²) in [5.41, 5.74) is 0.884. The van der Waals surface area contributed by atoms with Crippen molar-refractivity contribution in [2.45, 2.75) is 83.1 Å². The first-order valence-electron chi connectivity index (χ1n) is 14.3. The van der Waals surface area contributed by atoms with E-state index in [2.05, 4.69) is 30.7 Å². The number of carbonyl (C=O) groups excluding carboxylic acids is 1. The number of likely N-dealkylation sites (tertiary alicyclic amines) is 1. The number of benzene rings is 1. The van der Waals surface area contributed by atoms with Gasteiger partial charge in [-0.1, -0.05) is 11.2 Å². The minimum Gasteiger partial charge on any atom is -0.379 e. The molecule has 2 aliphatic rings. The Hall–Kier alpha value is -3.94. The molecule has 4 aromatic rings. The minimum absolute atomic E-state index is 0.0171. The van der Waals surface area contributed by atoms with Gasteiger partial charge in [0.2, 0.25) is 11.7 Å². The van der Waals surface area contributed by atoms with E-state index < -0.39 is 30.8 Å². The van der Waals surface area contributed by atoms with Gasteiger partial charge in [0.25, 0.3) is 5.91 Å². The number of piperidine rings is 1. The van der Waals surface area contributed by atoms with Crippen LogP contribution in [0.3, 0.4) is 0 Å². The largest absolute Gasteiger partial charge is 0.406 e. The van der Waals surface area contributed by atoms with Gasteiger partial charge in [-0.25, -0.2) is 9.37 Å². The fraction of sp³-hybridized carbons (Fsp3) is 0.517. The van der Waals surface area contributed by atoms with Crippen LogP contribution in [0.5, 0.6) is 0 Å². The second-order valence-electron chi connectivity index (χ2n) is 12.3. The Kier molecular flexibility index (Phi) is 7.43. The van der Waals surface area contributed by atoms with Crippen LogP contribution in [0.25, 0.3) is 22.4 Å². The molecule has 0 unspecified atom stereocenters. The Balaban J connectivity index is 1.23. The van der Waals surface area contributed by atoms with Crippen LogP contribution in [-0.2, 0) is 18.6 Å². The van der Waals surface area contributed by atoms with Crippen molar-refractivity contribution in [2.75, 3.05) is 18.4 Å². The molecule has 10 nitrogen and oxygen atoms in total. The second kappa shape index (κ2) is 11.0. The lowest BCUT2D eigenvalue weighted by Crippen LogP contribution is -2.48. The molecule has 4 heterocycles. The summed E-state index contributed by atoms with van der Waals surface area (Å²) in [7, 11) is 0. The number of aromatic nitrogens is 5. The molecule has 1 saturated carbocycles. The van der Waals surface area contributed by atoms with Gasteiger partial charge in [0.05, 0.1) is 30.1 Å². The van der Waals surface area contributed by atoms with Crippen molar-refractivity contribution in [3.8, 4) is 11.5 Å². The van der Waals surface area contributed by atoms with Crippen molar-refractivity contribution < 1.29 is 26.9 Å².